The number of rotatable bonds is 2. The largest absolute Gasteiger partial charge is 0.338 e. The maximum absolute atomic E-state index is 4.63. The Labute approximate surface area is 175 Å². The van der Waals surface area contributed by atoms with Crippen LogP contribution in [0.4, 0.5) is 5.82 Å². The highest BCUT2D eigenvalue weighted by atomic mass is 15.2. The van der Waals surface area contributed by atoms with E-state index in [-0.39, 0.29) is 11.5 Å². The fourth-order valence-electron chi connectivity index (χ4n) is 4.76. The van der Waals surface area contributed by atoms with Gasteiger partial charge in [-0.1, -0.05) is 42.5 Å². The molecule has 0 aliphatic heterocycles. The van der Waals surface area contributed by atoms with E-state index in [1.54, 1.807) is 6.33 Å². The second-order valence-electron chi connectivity index (χ2n) is 9.11. The predicted molar refractivity (Wildman–Crippen MR) is 120 cm³/mol. The summed E-state index contributed by atoms with van der Waals surface area (Å²) in [7, 11) is 0. The summed E-state index contributed by atoms with van der Waals surface area (Å²) < 4.78 is 2.09. The smallest absolute Gasteiger partial charge is 0.165 e. The summed E-state index contributed by atoms with van der Waals surface area (Å²) in [4.78, 5) is 13.7. The highest BCUT2D eigenvalue weighted by molar-refractivity contribution is 5.84. The van der Waals surface area contributed by atoms with E-state index in [9.17, 15) is 0 Å². The van der Waals surface area contributed by atoms with E-state index < -0.39 is 0 Å². The van der Waals surface area contributed by atoms with Crippen molar-refractivity contribution in [2.45, 2.75) is 32.7 Å². The van der Waals surface area contributed by atoms with Gasteiger partial charge in [0.15, 0.2) is 17.0 Å². The third-order valence-corrected chi connectivity index (χ3v) is 6.21. The first-order valence-corrected chi connectivity index (χ1v) is 10.4. The number of hydrogen-bond acceptors (Lipinski definition) is 4. The highest BCUT2D eigenvalue weighted by Crippen LogP contribution is 2.47. The van der Waals surface area contributed by atoms with E-state index in [1.807, 2.05) is 6.33 Å². The third kappa shape index (κ3) is 2.45. The molecule has 0 aromatic carbocycles. The van der Waals surface area contributed by atoms with Crippen molar-refractivity contribution in [1.29, 1.82) is 0 Å². The third-order valence-electron chi connectivity index (χ3n) is 6.21. The zero-order chi connectivity index (χ0) is 20.5. The Kier molecular flexibility index (Phi) is 3.49. The number of imidazole rings is 1. The average Bonchev–Trinajstić information content (AvgIpc) is 3.19. The van der Waals surface area contributed by atoms with Gasteiger partial charge in [0.2, 0.25) is 0 Å². The number of anilines is 1. The molecule has 0 spiro atoms. The van der Waals surface area contributed by atoms with E-state index in [0.29, 0.717) is 0 Å². The van der Waals surface area contributed by atoms with Crippen LogP contribution < -0.4 is 5.32 Å². The van der Waals surface area contributed by atoms with Crippen LogP contribution in [0.25, 0.3) is 11.2 Å². The Balaban J connectivity index is 1.45. The molecule has 0 fully saturated rings. The quantitative estimate of drug-likeness (QED) is 0.769. The van der Waals surface area contributed by atoms with Crippen molar-refractivity contribution in [2.75, 3.05) is 5.32 Å². The summed E-state index contributed by atoms with van der Waals surface area (Å²) in [6.07, 6.45) is 22.4. The highest BCUT2D eigenvalue weighted by Gasteiger charge is 2.34. The zero-order valence-electron chi connectivity index (χ0n) is 17.3. The van der Waals surface area contributed by atoms with Gasteiger partial charge >= 0.3 is 0 Å². The van der Waals surface area contributed by atoms with Crippen molar-refractivity contribution in [1.82, 2.24) is 19.5 Å². The van der Waals surface area contributed by atoms with Gasteiger partial charge in [-0.05, 0) is 61.1 Å². The molecule has 1 N–H and O–H groups in total. The van der Waals surface area contributed by atoms with Gasteiger partial charge in [-0.25, -0.2) is 15.0 Å². The molecule has 6 rings (SSSR count). The standard InChI is InChI=1S/C25H23N5/c1-25(2,3)30-14-28-22-23(26-13-27-24(22)30)29-19-12-10-17-8-7-15-5-4-6-16-9-11-18(19)21(17)20(15)16/h4,6-14,21H,5H2,1-3H3,(H,26,27,29). The summed E-state index contributed by atoms with van der Waals surface area (Å²) in [6.45, 7) is 6.45. The lowest BCUT2D eigenvalue weighted by Gasteiger charge is -2.36. The molecule has 2 aromatic rings. The molecule has 0 bridgehead atoms. The molecule has 1 atom stereocenters. The minimum absolute atomic E-state index is 0.0962. The first-order chi connectivity index (χ1) is 14.5. The van der Waals surface area contributed by atoms with Crippen molar-refractivity contribution in [3.05, 3.63) is 94.8 Å². The first-order valence-electron chi connectivity index (χ1n) is 10.4. The molecule has 4 aliphatic rings. The minimum Gasteiger partial charge on any atom is -0.338 e. The molecule has 0 saturated carbocycles. The van der Waals surface area contributed by atoms with Gasteiger partial charge in [-0.3, -0.25) is 0 Å². The van der Waals surface area contributed by atoms with Crippen molar-refractivity contribution >= 4 is 17.0 Å². The summed E-state index contributed by atoms with van der Waals surface area (Å²) >= 11 is 0. The summed E-state index contributed by atoms with van der Waals surface area (Å²) in [5.74, 6) is 1.03. The maximum Gasteiger partial charge on any atom is 0.165 e. The number of fused-ring (bicyclic) bond motifs is 1. The molecule has 0 amide bonds. The molecule has 2 aromatic heterocycles. The number of allylic oxidation sites excluding steroid dienone is 13. The predicted octanol–water partition coefficient (Wildman–Crippen LogP) is 5.13. The molecule has 1 unspecified atom stereocenters. The van der Waals surface area contributed by atoms with Crippen LogP contribution in [0.15, 0.2) is 94.8 Å². The van der Waals surface area contributed by atoms with Crippen LogP contribution in [0.2, 0.25) is 0 Å². The number of hydrogen-bond donors (Lipinski definition) is 1. The second-order valence-corrected chi connectivity index (χ2v) is 9.11. The van der Waals surface area contributed by atoms with Gasteiger partial charge in [-0.15, -0.1) is 0 Å². The Hall–Kier alpha value is -3.47. The maximum atomic E-state index is 4.63. The van der Waals surface area contributed by atoms with Crippen LogP contribution in [0, 0.1) is 5.92 Å². The number of aromatic nitrogens is 4. The summed E-state index contributed by atoms with van der Waals surface area (Å²) in [5, 5.41) is 3.57. The molecule has 148 valence electrons. The molecular formula is C25H23N5. The summed E-state index contributed by atoms with van der Waals surface area (Å²) in [5.41, 5.74) is 9.43. The number of nitrogens with one attached hydrogen (secondary N) is 1. The number of nitrogens with zero attached hydrogens (tertiary/aromatic N) is 4. The van der Waals surface area contributed by atoms with Crippen LogP contribution >= 0.6 is 0 Å². The lowest BCUT2D eigenvalue weighted by atomic mass is 9.68. The molecule has 0 saturated heterocycles. The fourth-order valence-corrected chi connectivity index (χ4v) is 4.76. The lowest BCUT2D eigenvalue weighted by Crippen LogP contribution is -2.24. The molecule has 5 nitrogen and oxygen atoms in total. The molecular weight excluding hydrogens is 370 g/mol. The van der Waals surface area contributed by atoms with Gasteiger partial charge < -0.3 is 9.88 Å². The van der Waals surface area contributed by atoms with Gasteiger partial charge in [0.05, 0.1) is 6.33 Å². The second kappa shape index (κ2) is 6.02. The van der Waals surface area contributed by atoms with Crippen LogP contribution in [-0.2, 0) is 5.54 Å². The van der Waals surface area contributed by atoms with Gasteiger partial charge in [0, 0.05) is 17.2 Å². The van der Waals surface area contributed by atoms with Crippen LogP contribution in [0.1, 0.15) is 27.2 Å². The van der Waals surface area contributed by atoms with Crippen LogP contribution in [0.3, 0.4) is 0 Å². The van der Waals surface area contributed by atoms with E-state index in [1.165, 1.54) is 27.9 Å². The normalized spacial score (nSPS) is 21.8. The summed E-state index contributed by atoms with van der Waals surface area (Å²) in [6, 6.07) is 0. The monoisotopic (exact) mass is 393 g/mol. The Bertz CT molecular complexity index is 1310. The Morgan fingerprint density at radius 2 is 1.90 bits per heavy atom. The lowest BCUT2D eigenvalue weighted by molar-refractivity contribution is 0.406. The molecule has 5 heteroatoms. The van der Waals surface area contributed by atoms with Crippen molar-refractivity contribution in [3.63, 3.8) is 0 Å². The minimum atomic E-state index is -0.0962. The zero-order valence-corrected chi connectivity index (χ0v) is 17.3. The average molecular weight is 393 g/mol. The van der Waals surface area contributed by atoms with Gasteiger partial charge in [0.25, 0.3) is 0 Å². The Morgan fingerprint density at radius 1 is 1.00 bits per heavy atom. The first kappa shape index (κ1) is 17.4. The molecule has 30 heavy (non-hydrogen) atoms. The van der Waals surface area contributed by atoms with Crippen molar-refractivity contribution in [2.24, 2.45) is 5.92 Å². The van der Waals surface area contributed by atoms with Crippen molar-refractivity contribution in [3.8, 4) is 0 Å². The van der Waals surface area contributed by atoms with Gasteiger partial charge in [0.1, 0.15) is 6.33 Å². The topological polar surface area (TPSA) is 55.6 Å². The Morgan fingerprint density at radius 3 is 2.77 bits per heavy atom. The van der Waals surface area contributed by atoms with Gasteiger partial charge in [-0.2, -0.15) is 0 Å². The SMILES string of the molecule is CC(C)(C)n1cnc2c(NC3=C4C=CC5=C6C(=CC=C(C=C3)C46)CC=C5)ncnc21. The van der Waals surface area contributed by atoms with E-state index in [4.69, 9.17) is 0 Å². The van der Waals surface area contributed by atoms with E-state index in [0.717, 1.165) is 29.1 Å². The molecule has 2 heterocycles. The van der Waals surface area contributed by atoms with E-state index in [2.05, 4.69) is 94.2 Å². The van der Waals surface area contributed by atoms with E-state index >= 15 is 0 Å². The molecule has 0 radical (unpaired) electrons. The van der Waals surface area contributed by atoms with Crippen molar-refractivity contribution < 1.29 is 0 Å². The molecule has 4 aliphatic carbocycles. The van der Waals surface area contributed by atoms with Crippen LogP contribution in [-0.4, -0.2) is 19.5 Å². The van der Waals surface area contributed by atoms with Crippen LogP contribution in [0.5, 0.6) is 0 Å². The fraction of sp³-hybridized carbons (Fsp3) is 0.240.